The molecule has 0 unspecified atom stereocenters. The first-order chi connectivity index (χ1) is 8.24. The third-order valence-corrected chi connectivity index (χ3v) is 2.07. The summed E-state index contributed by atoms with van der Waals surface area (Å²) >= 11 is 5.62. The van der Waals surface area contributed by atoms with E-state index in [9.17, 15) is 0 Å². The van der Waals surface area contributed by atoms with Crippen LogP contribution in [-0.4, -0.2) is 31.2 Å². The molecular weight excluding hydrogens is 238 g/mol. The maximum absolute atomic E-state index is 5.62. The molecule has 0 aliphatic heterocycles. The lowest BCUT2D eigenvalue weighted by Crippen LogP contribution is -2.21. The van der Waals surface area contributed by atoms with Crippen LogP contribution in [0.2, 0.25) is 5.15 Å². The number of rotatable bonds is 6. The molecule has 1 aromatic heterocycles. The van der Waals surface area contributed by atoms with Crippen LogP contribution in [0.5, 0.6) is 0 Å². The van der Waals surface area contributed by atoms with Crippen LogP contribution < -0.4 is 22.5 Å². The van der Waals surface area contributed by atoms with Gasteiger partial charge in [-0.2, -0.15) is 0 Å². The predicted molar refractivity (Wildman–Crippen MR) is 72.7 cm³/mol. The van der Waals surface area contributed by atoms with Gasteiger partial charge in [0.05, 0.1) is 0 Å². The molecule has 1 heterocycles. The summed E-state index contributed by atoms with van der Waals surface area (Å²) in [4.78, 5) is 3.95. The van der Waals surface area contributed by atoms with Crippen molar-refractivity contribution in [2.24, 2.45) is 17.2 Å². The number of nitrogens with two attached hydrogens (primary N) is 3. The Hall–Kier alpha value is -0.720. The Morgan fingerprint density at radius 3 is 2.24 bits per heavy atom. The monoisotopic (exact) mass is 259 g/mol. The molecule has 7 N–H and O–H groups in total. The lowest BCUT2D eigenvalue weighted by molar-refractivity contribution is 0.693. The van der Waals surface area contributed by atoms with Crippen LogP contribution in [0.4, 0.5) is 0 Å². The molecule has 17 heavy (non-hydrogen) atoms. The van der Waals surface area contributed by atoms with E-state index < -0.39 is 0 Å². The fourth-order valence-corrected chi connectivity index (χ4v) is 1.08. The smallest absolute Gasteiger partial charge is 0.129 e. The van der Waals surface area contributed by atoms with Gasteiger partial charge in [-0.25, -0.2) is 4.98 Å². The number of halogens is 1. The Balaban J connectivity index is 0.000000437. The van der Waals surface area contributed by atoms with Gasteiger partial charge in [0, 0.05) is 25.8 Å². The zero-order valence-corrected chi connectivity index (χ0v) is 10.8. The number of nitrogens with one attached hydrogen (secondary N) is 1. The van der Waals surface area contributed by atoms with Gasteiger partial charge in [0.2, 0.25) is 0 Å². The predicted octanol–water partition coefficient (Wildman–Crippen LogP) is 0.0772. The molecule has 0 saturated heterocycles. The van der Waals surface area contributed by atoms with Crippen molar-refractivity contribution in [1.29, 1.82) is 0 Å². The number of hydrogen-bond donors (Lipinski definition) is 4. The number of pyridine rings is 1. The van der Waals surface area contributed by atoms with E-state index in [0.717, 1.165) is 38.2 Å². The summed E-state index contributed by atoms with van der Waals surface area (Å²) in [5, 5.41) is 3.69. The average molecular weight is 260 g/mol. The lowest BCUT2D eigenvalue weighted by Gasteiger charge is -2.01. The van der Waals surface area contributed by atoms with Crippen molar-refractivity contribution in [1.82, 2.24) is 10.3 Å². The molecule has 0 aromatic carbocycles. The SMILES string of the molecule is NCCCN.NCCNCc1ccc(Cl)nc1. The highest BCUT2D eigenvalue weighted by molar-refractivity contribution is 6.29. The minimum Gasteiger partial charge on any atom is -0.330 e. The first kappa shape index (κ1) is 16.3. The van der Waals surface area contributed by atoms with Crippen molar-refractivity contribution in [3.63, 3.8) is 0 Å². The maximum atomic E-state index is 5.62. The van der Waals surface area contributed by atoms with E-state index in [4.69, 9.17) is 28.8 Å². The number of aromatic nitrogens is 1. The van der Waals surface area contributed by atoms with Crippen molar-refractivity contribution in [2.45, 2.75) is 13.0 Å². The van der Waals surface area contributed by atoms with Gasteiger partial charge in [0.1, 0.15) is 5.15 Å². The van der Waals surface area contributed by atoms with E-state index in [1.807, 2.05) is 6.07 Å². The summed E-state index contributed by atoms with van der Waals surface area (Å²) in [6.07, 6.45) is 2.70. The van der Waals surface area contributed by atoms with Crippen LogP contribution in [0.3, 0.4) is 0 Å². The van der Waals surface area contributed by atoms with Gasteiger partial charge in [0.15, 0.2) is 0 Å². The molecule has 0 bridgehead atoms. The molecule has 1 aromatic rings. The topological polar surface area (TPSA) is 103 Å². The third-order valence-electron chi connectivity index (χ3n) is 1.85. The highest BCUT2D eigenvalue weighted by Gasteiger charge is 1.92. The fourth-order valence-electron chi connectivity index (χ4n) is 0.964. The van der Waals surface area contributed by atoms with Gasteiger partial charge >= 0.3 is 0 Å². The van der Waals surface area contributed by atoms with Crippen molar-refractivity contribution < 1.29 is 0 Å². The Bertz CT molecular complexity index is 263. The van der Waals surface area contributed by atoms with Crippen molar-refractivity contribution in [2.75, 3.05) is 26.2 Å². The standard InChI is InChI=1S/C8H12ClN3.C3H10N2/c9-8-2-1-7(6-12-8)5-11-4-3-10;4-2-1-3-5/h1-2,6,11H,3-5,10H2;1-5H2. The van der Waals surface area contributed by atoms with Gasteiger partial charge in [-0.15, -0.1) is 0 Å². The third kappa shape index (κ3) is 10.2. The highest BCUT2D eigenvalue weighted by Crippen LogP contribution is 2.04. The largest absolute Gasteiger partial charge is 0.330 e. The zero-order valence-electron chi connectivity index (χ0n) is 10.0. The summed E-state index contributed by atoms with van der Waals surface area (Å²) in [6.45, 7) is 3.71. The van der Waals surface area contributed by atoms with Gasteiger partial charge in [-0.3, -0.25) is 0 Å². The highest BCUT2D eigenvalue weighted by atomic mass is 35.5. The second-order valence-corrected chi connectivity index (χ2v) is 3.77. The van der Waals surface area contributed by atoms with E-state index in [1.165, 1.54) is 0 Å². The summed E-state index contributed by atoms with van der Waals surface area (Å²) in [5.41, 5.74) is 16.6. The van der Waals surface area contributed by atoms with Crippen LogP contribution in [0.15, 0.2) is 18.3 Å². The molecule has 5 nitrogen and oxygen atoms in total. The molecule has 0 radical (unpaired) electrons. The molecule has 0 atom stereocenters. The molecule has 0 fully saturated rings. The van der Waals surface area contributed by atoms with Crippen LogP contribution in [0, 0.1) is 0 Å². The molecule has 0 saturated carbocycles. The molecule has 0 amide bonds. The Morgan fingerprint density at radius 2 is 1.82 bits per heavy atom. The Morgan fingerprint density at radius 1 is 1.12 bits per heavy atom. The molecular formula is C11H22ClN5. The van der Waals surface area contributed by atoms with Crippen LogP contribution in [0.1, 0.15) is 12.0 Å². The summed E-state index contributed by atoms with van der Waals surface area (Å²) in [6, 6.07) is 3.72. The van der Waals surface area contributed by atoms with Crippen LogP contribution in [-0.2, 0) is 6.54 Å². The minimum atomic E-state index is 0.526. The van der Waals surface area contributed by atoms with E-state index in [-0.39, 0.29) is 0 Å². The van der Waals surface area contributed by atoms with Crippen molar-refractivity contribution >= 4 is 11.6 Å². The fraction of sp³-hybridized carbons (Fsp3) is 0.545. The van der Waals surface area contributed by atoms with E-state index in [0.29, 0.717) is 11.7 Å². The van der Waals surface area contributed by atoms with Crippen LogP contribution >= 0.6 is 11.6 Å². The van der Waals surface area contributed by atoms with Gasteiger partial charge in [0.25, 0.3) is 0 Å². The summed E-state index contributed by atoms with van der Waals surface area (Å²) in [5.74, 6) is 0. The second-order valence-electron chi connectivity index (χ2n) is 3.39. The molecule has 0 aliphatic carbocycles. The van der Waals surface area contributed by atoms with E-state index >= 15 is 0 Å². The van der Waals surface area contributed by atoms with Crippen molar-refractivity contribution in [3.05, 3.63) is 29.0 Å². The number of nitrogens with zero attached hydrogens (tertiary/aromatic N) is 1. The quantitative estimate of drug-likeness (QED) is 0.428. The van der Waals surface area contributed by atoms with Crippen LogP contribution in [0.25, 0.3) is 0 Å². The van der Waals surface area contributed by atoms with Crippen molar-refractivity contribution in [3.8, 4) is 0 Å². The Kier molecular flexibility index (Phi) is 11.3. The second kappa shape index (κ2) is 11.8. The van der Waals surface area contributed by atoms with E-state index in [2.05, 4.69) is 10.3 Å². The average Bonchev–Trinajstić information content (AvgIpc) is 2.34. The van der Waals surface area contributed by atoms with Gasteiger partial charge in [-0.1, -0.05) is 17.7 Å². The molecule has 98 valence electrons. The Labute approximate surface area is 108 Å². The first-order valence-corrected chi connectivity index (χ1v) is 6.03. The normalized spacial score (nSPS) is 9.65. The molecule has 1 rings (SSSR count). The zero-order chi connectivity index (χ0) is 12.9. The molecule has 0 spiro atoms. The van der Waals surface area contributed by atoms with Gasteiger partial charge < -0.3 is 22.5 Å². The summed E-state index contributed by atoms with van der Waals surface area (Å²) in [7, 11) is 0. The first-order valence-electron chi connectivity index (χ1n) is 5.66. The molecule has 0 aliphatic rings. The number of hydrogen-bond acceptors (Lipinski definition) is 5. The maximum Gasteiger partial charge on any atom is 0.129 e. The lowest BCUT2D eigenvalue weighted by atomic mass is 10.3. The van der Waals surface area contributed by atoms with E-state index in [1.54, 1.807) is 12.3 Å². The minimum absolute atomic E-state index is 0.526. The van der Waals surface area contributed by atoms with Gasteiger partial charge in [-0.05, 0) is 31.1 Å². The molecule has 6 heteroatoms. The summed E-state index contributed by atoms with van der Waals surface area (Å²) < 4.78 is 0.